The minimum Gasteiger partial charge on any atom is -0.352 e. The number of nitrogens with one attached hydrogen (secondary N) is 2. The van der Waals surface area contributed by atoms with Gasteiger partial charge in [-0.3, -0.25) is 9.89 Å². The highest BCUT2D eigenvalue weighted by Gasteiger charge is 2.06. The summed E-state index contributed by atoms with van der Waals surface area (Å²) in [7, 11) is 0. The molecule has 2 N–H and O–H groups in total. The fourth-order valence-corrected chi connectivity index (χ4v) is 2.02. The second-order valence-corrected chi connectivity index (χ2v) is 5.11. The predicted octanol–water partition coefficient (Wildman–Crippen LogP) is 2.24. The molecule has 0 fully saturated rings. The zero-order valence-electron chi connectivity index (χ0n) is 10.6. The SMILES string of the molecule is Cc1ccc(C(=O)NCCCc2ncn[nH]2)cc1Br. The first-order valence-electron chi connectivity index (χ1n) is 6.05. The monoisotopic (exact) mass is 322 g/mol. The van der Waals surface area contributed by atoms with Crippen LogP contribution in [0.4, 0.5) is 0 Å². The molecule has 0 aliphatic heterocycles. The van der Waals surface area contributed by atoms with E-state index in [9.17, 15) is 4.79 Å². The molecule has 0 aliphatic carbocycles. The van der Waals surface area contributed by atoms with Crippen molar-refractivity contribution < 1.29 is 4.79 Å². The summed E-state index contributed by atoms with van der Waals surface area (Å²) in [6.07, 6.45) is 3.09. The fraction of sp³-hybridized carbons (Fsp3) is 0.308. The van der Waals surface area contributed by atoms with Crippen molar-refractivity contribution in [2.24, 2.45) is 0 Å². The minimum absolute atomic E-state index is 0.0572. The van der Waals surface area contributed by atoms with E-state index in [2.05, 4.69) is 36.4 Å². The molecule has 0 saturated carbocycles. The number of H-pyrrole nitrogens is 1. The molecule has 0 aliphatic rings. The Bertz CT molecular complexity index is 554. The molecule has 0 saturated heterocycles. The van der Waals surface area contributed by atoms with Gasteiger partial charge in [-0.15, -0.1) is 0 Å². The topological polar surface area (TPSA) is 70.7 Å². The zero-order valence-corrected chi connectivity index (χ0v) is 12.2. The molecule has 0 spiro atoms. The third kappa shape index (κ3) is 3.89. The van der Waals surface area contributed by atoms with Gasteiger partial charge in [0.2, 0.25) is 0 Å². The van der Waals surface area contributed by atoms with E-state index in [0.29, 0.717) is 12.1 Å². The smallest absolute Gasteiger partial charge is 0.251 e. The molecular formula is C13H15BrN4O. The first-order valence-corrected chi connectivity index (χ1v) is 6.84. The average Bonchev–Trinajstić information content (AvgIpc) is 2.91. The number of halogens is 1. The van der Waals surface area contributed by atoms with Crippen molar-refractivity contribution in [1.82, 2.24) is 20.5 Å². The molecule has 1 aromatic heterocycles. The maximum atomic E-state index is 11.9. The number of carbonyl (C=O) groups is 1. The van der Waals surface area contributed by atoms with Gasteiger partial charge in [-0.25, -0.2) is 4.98 Å². The van der Waals surface area contributed by atoms with Gasteiger partial charge in [-0.05, 0) is 31.0 Å². The van der Waals surface area contributed by atoms with Gasteiger partial charge in [0.25, 0.3) is 5.91 Å². The number of hydrogen-bond acceptors (Lipinski definition) is 3. The van der Waals surface area contributed by atoms with Crippen molar-refractivity contribution in [1.29, 1.82) is 0 Å². The summed E-state index contributed by atoms with van der Waals surface area (Å²) in [6, 6.07) is 5.58. The van der Waals surface area contributed by atoms with E-state index in [1.807, 2.05) is 25.1 Å². The second-order valence-electron chi connectivity index (χ2n) is 4.26. The molecule has 6 heteroatoms. The highest BCUT2D eigenvalue weighted by molar-refractivity contribution is 9.10. The van der Waals surface area contributed by atoms with Crippen LogP contribution < -0.4 is 5.32 Å². The third-order valence-electron chi connectivity index (χ3n) is 2.77. The van der Waals surface area contributed by atoms with Gasteiger partial charge in [-0.1, -0.05) is 22.0 Å². The largest absolute Gasteiger partial charge is 0.352 e. The molecular weight excluding hydrogens is 308 g/mol. The first kappa shape index (κ1) is 13.7. The van der Waals surface area contributed by atoms with Crippen LogP contribution in [0.15, 0.2) is 29.0 Å². The number of amides is 1. The summed E-state index contributed by atoms with van der Waals surface area (Å²) in [6.45, 7) is 2.61. The van der Waals surface area contributed by atoms with Crippen molar-refractivity contribution in [2.75, 3.05) is 6.54 Å². The van der Waals surface area contributed by atoms with Crippen molar-refractivity contribution in [3.63, 3.8) is 0 Å². The lowest BCUT2D eigenvalue weighted by molar-refractivity contribution is 0.0953. The van der Waals surface area contributed by atoms with E-state index < -0.39 is 0 Å². The molecule has 0 bridgehead atoms. The van der Waals surface area contributed by atoms with Crippen LogP contribution >= 0.6 is 15.9 Å². The summed E-state index contributed by atoms with van der Waals surface area (Å²) in [4.78, 5) is 15.9. The number of rotatable bonds is 5. The van der Waals surface area contributed by atoms with Gasteiger partial charge in [0, 0.05) is 23.0 Å². The molecule has 1 heterocycles. The summed E-state index contributed by atoms with van der Waals surface area (Å²) in [5.41, 5.74) is 1.78. The molecule has 5 nitrogen and oxygen atoms in total. The maximum absolute atomic E-state index is 11.9. The van der Waals surface area contributed by atoms with Gasteiger partial charge >= 0.3 is 0 Å². The zero-order chi connectivity index (χ0) is 13.7. The van der Waals surface area contributed by atoms with Gasteiger partial charge in [0.1, 0.15) is 12.2 Å². The Labute approximate surface area is 120 Å². The molecule has 0 radical (unpaired) electrons. The number of aromatic nitrogens is 3. The Morgan fingerprint density at radius 3 is 3.00 bits per heavy atom. The Morgan fingerprint density at radius 1 is 1.47 bits per heavy atom. The number of nitrogens with zero attached hydrogens (tertiary/aromatic N) is 2. The maximum Gasteiger partial charge on any atom is 0.251 e. The quantitative estimate of drug-likeness (QED) is 0.829. The lowest BCUT2D eigenvalue weighted by Gasteiger charge is -2.06. The number of hydrogen-bond donors (Lipinski definition) is 2. The molecule has 2 aromatic rings. The van der Waals surface area contributed by atoms with E-state index in [4.69, 9.17) is 0 Å². The van der Waals surface area contributed by atoms with Crippen LogP contribution in [0, 0.1) is 6.92 Å². The molecule has 0 atom stereocenters. The number of aryl methyl sites for hydroxylation is 2. The van der Waals surface area contributed by atoms with Gasteiger partial charge in [0.15, 0.2) is 0 Å². The van der Waals surface area contributed by atoms with Crippen LogP contribution in [0.2, 0.25) is 0 Å². The summed E-state index contributed by atoms with van der Waals surface area (Å²) in [5, 5.41) is 9.45. The number of carbonyl (C=O) groups excluding carboxylic acids is 1. The average molecular weight is 323 g/mol. The van der Waals surface area contributed by atoms with Crippen LogP contribution in [0.25, 0.3) is 0 Å². The Hall–Kier alpha value is -1.69. The predicted molar refractivity (Wildman–Crippen MR) is 75.9 cm³/mol. The van der Waals surface area contributed by atoms with Gasteiger partial charge < -0.3 is 5.32 Å². The van der Waals surface area contributed by atoms with Gasteiger partial charge in [-0.2, -0.15) is 5.10 Å². The highest BCUT2D eigenvalue weighted by atomic mass is 79.9. The van der Waals surface area contributed by atoms with Crippen LogP contribution in [-0.4, -0.2) is 27.6 Å². The number of benzene rings is 1. The first-order chi connectivity index (χ1) is 9.16. The van der Waals surface area contributed by atoms with Gasteiger partial charge in [0.05, 0.1) is 0 Å². The standard InChI is InChI=1S/C13H15BrN4O/c1-9-4-5-10(7-11(9)14)13(19)15-6-2-3-12-16-8-17-18-12/h4-5,7-8H,2-3,6H2,1H3,(H,15,19)(H,16,17,18). The highest BCUT2D eigenvalue weighted by Crippen LogP contribution is 2.17. The van der Waals surface area contributed by atoms with E-state index in [1.54, 1.807) is 0 Å². The van der Waals surface area contributed by atoms with Crippen molar-refractivity contribution in [3.8, 4) is 0 Å². The molecule has 2 rings (SSSR count). The molecule has 1 amide bonds. The van der Waals surface area contributed by atoms with Crippen molar-refractivity contribution in [3.05, 3.63) is 46.0 Å². The number of aromatic amines is 1. The Balaban J connectivity index is 1.79. The van der Waals surface area contributed by atoms with E-state index >= 15 is 0 Å². The molecule has 100 valence electrons. The molecule has 1 aromatic carbocycles. The lowest BCUT2D eigenvalue weighted by Crippen LogP contribution is -2.24. The normalized spacial score (nSPS) is 10.4. The molecule has 19 heavy (non-hydrogen) atoms. The fourth-order valence-electron chi connectivity index (χ4n) is 1.65. The lowest BCUT2D eigenvalue weighted by atomic mass is 10.1. The van der Waals surface area contributed by atoms with Crippen LogP contribution in [0.1, 0.15) is 28.2 Å². The van der Waals surface area contributed by atoms with E-state index in [1.165, 1.54) is 6.33 Å². The van der Waals surface area contributed by atoms with Crippen molar-refractivity contribution in [2.45, 2.75) is 19.8 Å². The van der Waals surface area contributed by atoms with Crippen LogP contribution in [0.5, 0.6) is 0 Å². The van der Waals surface area contributed by atoms with E-state index in [0.717, 1.165) is 28.7 Å². The Kier molecular flexibility index (Phi) is 4.68. The summed E-state index contributed by atoms with van der Waals surface area (Å²) < 4.78 is 0.946. The van der Waals surface area contributed by atoms with Crippen molar-refractivity contribution >= 4 is 21.8 Å². The minimum atomic E-state index is -0.0572. The summed E-state index contributed by atoms with van der Waals surface area (Å²) >= 11 is 3.42. The van der Waals surface area contributed by atoms with Crippen LogP contribution in [-0.2, 0) is 6.42 Å². The van der Waals surface area contributed by atoms with Crippen LogP contribution in [0.3, 0.4) is 0 Å². The van der Waals surface area contributed by atoms with E-state index in [-0.39, 0.29) is 5.91 Å². The second kappa shape index (κ2) is 6.47. The summed E-state index contributed by atoms with van der Waals surface area (Å²) in [5.74, 6) is 0.783. The Morgan fingerprint density at radius 2 is 2.32 bits per heavy atom. The molecule has 0 unspecified atom stereocenters. The third-order valence-corrected chi connectivity index (χ3v) is 3.63.